The number of rotatable bonds is 5. The first-order valence-electron chi connectivity index (χ1n) is 8.45. The Hall–Kier alpha value is -2.24. The lowest BCUT2D eigenvalue weighted by Crippen LogP contribution is -2.30. The summed E-state index contributed by atoms with van der Waals surface area (Å²) in [6, 6.07) is 3.23. The molecule has 0 bridgehead atoms. The lowest BCUT2D eigenvalue weighted by atomic mass is 9.72. The number of nitrogens with one attached hydrogen (secondary N) is 1. The number of hydrogen-bond donors (Lipinski definition) is 1. The van der Waals surface area contributed by atoms with Crippen LogP contribution in [0.4, 0.5) is 0 Å². The van der Waals surface area contributed by atoms with E-state index in [-0.39, 0.29) is 11.3 Å². The molecule has 1 aromatic carbocycles. The first kappa shape index (κ1) is 19.1. The van der Waals surface area contributed by atoms with Gasteiger partial charge >= 0.3 is 0 Å². The second-order valence-electron chi connectivity index (χ2n) is 7.39. The monoisotopic (exact) mass is 348 g/mol. The maximum atomic E-state index is 12.5. The largest absolute Gasteiger partial charge is 0.493 e. The van der Waals surface area contributed by atoms with Gasteiger partial charge in [-0.25, -0.2) is 5.43 Å². The van der Waals surface area contributed by atoms with E-state index in [2.05, 4.69) is 31.3 Å². The molecule has 0 heterocycles. The Morgan fingerprint density at radius 3 is 2.24 bits per heavy atom. The smallest absolute Gasteiger partial charge is 0.271 e. The second-order valence-corrected chi connectivity index (χ2v) is 7.39. The molecule has 1 saturated carbocycles. The summed E-state index contributed by atoms with van der Waals surface area (Å²) in [5.74, 6) is 1.60. The van der Waals surface area contributed by atoms with Crippen molar-refractivity contribution in [1.82, 2.24) is 5.43 Å². The van der Waals surface area contributed by atoms with Crippen LogP contribution in [-0.2, 0) is 0 Å². The highest BCUT2D eigenvalue weighted by atomic mass is 16.5. The summed E-state index contributed by atoms with van der Waals surface area (Å²) in [6.45, 7) is 6.69. The normalized spacial score (nSPS) is 20.9. The van der Waals surface area contributed by atoms with Crippen molar-refractivity contribution in [3.63, 3.8) is 0 Å². The van der Waals surface area contributed by atoms with Gasteiger partial charge in [-0.3, -0.25) is 4.79 Å². The minimum absolute atomic E-state index is 0.216. The van der Waals surface area contributed by atoms with Crippen LogP contribution < -0.4 is 19.6 Å². The highest BCUT2D eigenvalue weighted by molar-refractivity contribution is 5.97. The first-order valence-corrected chi connectivity index (χ1v) is 8.45. The van der Waals surface area contributed by atoms with Gasteiger partial charge < -0.3 is 14.2 Å². The van der Waals surface area contributed by atoms with Gasteiger partial charge in [-0.05, 0) is 42.7 Å². The third-order valence-electron chi connectivity index (χ3n) is 4.41. The Balaban J connectivity index is 2.19. The van der Waals surface area contributed by atoms with Crippen LogP contribution in [0.15, 0.2) is 17.2 Å². The minimum Gasteiger partial charge on any atom is -0.493 e. The maximum absolute atomic E-state index is 12.5. The molecule has 1 N–H and O–H groups in total. The van der Waals surface area contributed by atoms with E-state index in [1.54, 1.807) is 12.1 Å². The lowest BCUT2D eigenvalue weighted by Gasteiger charge is -2.34. The van der Waals surface area contributed by atoms with Crippen LogP contribution >= 0.6 is 0 Å². The number of carbonyl (C=O) groups excluding carboxylic acids is 1. The van der Waals surface area contributed by atoms with Crippen LogP contribution in [0.3, 0.4) is 0 Å². The molecule has 138 valence electrons. The van der Waals surface area contributed by atoms with E-state index in [0.29, 0.717) is 28.7 Å². The minimum atomic E-state index is -0.303. The van der Waals surface area contributed by atoms with Gasteiger partial charge in [0.05, 0.1) is 21.3 Å². The van der Waals surface area contributed by atoms with Crippen molar-refractivity contribution in [3.8, 4) is 17.2 Å². The fraction of sp³-hybridized carbons (Fsp3) is 0.579. The molecular weight excluding hydrogens is 320 g/mol. The average Bonchev–Trinajstić information content (AvgIpc) is 2.56. The molecule has 1 unspecified atom stereocenters. The van der Waals surface area contributed by atoms with Crippen molar-refractivity contribution >= 4 is 11.6 Å². The molecule has 6 nitrogen and oxygen atoms in total. The van der Waals surface area contributed by atoms with Gasteiger partial charge in [-0.2, -0.15) is 5.10 Å². The summed E-state index contributed by atoms with van der Waals surface area (Å²) >= 11 is 0. The third-order valence-corrected chi connectivity index (χ3v) is 4.41. The highest BCUT2D eigenvalue weighted by Crippen LogP contribution is 2.38. The van der Waals surface area contributed by atoms with E-state index < -0.39 is 0 Å². The van der Waals surface area contributed by atoms with Gasteiger partial charge in [0, 0.05) is 11.3 Å². The van der Waals surface area contributed by atoms with Crippen molar-refractivity contribution in [1.29, 1.82) is 0 Å². The molecule has 1 atom stereocenters. The standard InChI is InChI=1S/C19H28N2O4/c1-12-7-14(11-19(2,3)10-12)20-21-18(22)13-8-15(23-4)17(25-6)16(9-13)24-5/h8-9,12H,7,10-11H2,1-6H3,(H,21,22). The number of amides is 1. The molecule has 0 saturated heterocycles. The quantitative estimate of drug-likeness (QED) is 0.825. The van der Waals surface area contributed by atoms with Gasteiger partial charge in [-0.15, -0.1) is 0 Å². The van der Waals surface area contributed by atoms with Crippen molar-refractivity contribution < 1.29 is 19.0 Å². The van der Waals surface area contributed by atoms with Crippen LogP contribution in [0, 0.1) is 11.3 Å². The zero-order valence-electron chi connectivity index (χ0n) is 15.9. The number of ether oxygens (including phenoxy) is 3. The molecule has 0 spiro atoms. The van der Waals surface area contributed by atoms with Crippen molar-refractivity contribution in [3.05, 3.63) is 17.7 Å². The summed E-state index contributed by atoms with van der Waals surface area (Å²) < 4.78 is 15.8. The van der Waals surface area contributed by atoms with Gasteiger partial charge in [0.15, 0.2) is 11.5 Å². The Morgan fingerprint density at radius 1 is 1.16 bits per heavy atom. The van der Waals surface area contributed by atoms with Crippen LogP contribution in [-0.4, -0.2) is 32.9 Å². The maximum Gasteiger partial charge on any atom is 0.271 e. The summed E-state index contributed by atoms with van der Waals surface area (Å²) in [5, 5.41) is 4.36. The Labute approximate surface area is 149 Å². The van der Waals surface area contributed by atoms with Crippen molar-refractivity contribution in [2.75, 3.05) is 21.3 Å². The number of nitrogens with zero attached hydrogens (tertiary/aromatic N) is 1. The molecule has 0 aliphatic heterocycles. The summed E-state index contributed by atoms with van der Waals surface area (Å²) in [4.78, 5) is 12.5. The summed E-state index contributed by atoms with van der Waals surface area (Å²) in [6.07, 6.45) is 2.98. The predicted molar refractivity (Wildman–Crippen MR) is 97.8 cm³/mol. The lowest BCUT2D eigenvalue weighted by molar-refractivity contribution is 0.0953. The second kappa shape index (κ2) is 7.76. The van der Waals surface area contributed by atoms with Crippen LogP contribution in [0.5, 0.6) is 17.2 Å². The third kappa shape index (κ3) is 4.65. The molecule has 0 radical (unpaired) electrons. The molecule has 1 fully saturated rings. The van der Waals surface area contributed by atoms with E-state index in [1.807, 2.05) is 0 Å². The van der Waals surface area contributed by atoms with Crippen LogP contribution in [0.2, 0.25) is 0 Å². The van der Waals surface area contributed by atoms with Crippen molar-refractivity contribution in [2.45, 2.75) is 40.0 Å². The van der Waals surface area contributed by atoms with E-state index in [9.17, 15) is 4.79 Å². The summed E-state index contributed by atoms with van der Waals surface area (Å²) in [5.41, 5.74) is 4.32. The topological polar surface area (TPSA) is 69.2 Å². The number of hydrogen-bond acceptors (Lipinski definition) is 5. The van der Waals surface area contributed by atoms with Gasteiger partial charge in [0.1, 0.15) is 0 Å². The zero-order valence-corrected chi connectivity index (χ0v) is 15.9. The molecule has 0 aromatic heterocycles. The first-order chi connectivity index (χ1) is 11.8. The molecule has 1 amide bonds. The number of hydrazone groups is 1. The molecule has 1 aromatic rings. The zero-order chi connectivity index (χ0) is 18.6. The SMILES string of the molecule is COc1cc(C(=O)NN=C2CC(C)CC(C)(C)C2)cc(OC)c1OC. The van der Waals surface area contributed by atoms with E-state index in [4.69, 9.17) is 14.2 Å². The number of benzene rings is 1. The fourth-order valence-electron chi connectivity index (χ4n) is 3.61. The van der Waals surface area contributed by atoms with Crippen LogP contribution in [0.25, 0.3) is 0 Å². The van der Waals surface area contributed by atoms with Gasteiger partial charge in [0.25, 0.3) is 5.91 Å². The molecule has 1 aliphatic carbocycles. The van der Waals surface area contributed by atoms with E-state index in [0.717, 1.165) is 18.6 Å². The molecular formula is C19H28N2O4. The van der Waals surface area contributed by atoms with E-state index >= 15 is 0 Å². The number of methoxy groups -OCH3 is 3. The predicted octanol–water partition coefficient (Wildman–Crippen LogP) is 3.64. The molecule has 1 aliphatic rings. The Bertz CT molecular complexity index is 642. The molecule has 25 heavy (non-hydrogen) atoms. The molecule has 6 heteroatoms. The fourth-order valence-corrected chi connectivity index (χ4v) is 3.61. The van der Waals surface area contributed by atoms with Crippen molar-refractivity contribution in [2.24, 2.45) is 16.4 Å². The Kier molecular flexibility index (Phi) is 5.93. The average molecular weight is 348 g/mol. The van der Waals surface area contributed by atoms with Gasteiger partial charge in [0.2, 0.25) is 5.75 Å². The van der Waals surface area contributed by atoms with Gasteiger partial charge in [-0.1, -0.05) is 20.8 Å². The highest BCUT2D eigenvalue weighted by Gasteiger charge is 2.29. The Morgan fingerprint density at radius 2 is 1.76 bits per heavy atom. The number of carbonyl (C=O) groups is 1. The van der Waals surface area contributed by atoms with Crippen LogP contribution in [0.1, 0.15) is 50.4 Å². The van der Waals surface area contributed by atoms with E-state index in [1.165, 1.54) is 27.8 Å². The molecule has 2 rings (SSSR count). The summed E-state index contributed by atoms with van der Waals surface area (Å²) in [7, 11) is 4.56.